The number of hydrogen-bond acceptors (Lipinski definition) is 6. The van der Waals surface area contributed by atoms with Gasteiger partial charge in [-0.1, -0.05) is 18.3 Å². The number of nitrogens with zero attached hydrogens (tertiary/aromatic N) is 3. The van der Waals surface area contributed by atoms with E-state index in [4.69, 9.17) is 5.26 Å². The lowest BCUT2D eigenvalue weighted by molar-refractivity contribution is 0.601. The van der Waals surface area contributed by atoms with Gasteiger partial charge < -0.3 is 0 Å². The smallest absolute Gasteiger partial charge is 0.253 e. The van der Waals surface area contributed by atoms with Crippen molar-refractivity contribution < 1.29 is 8.42 Å². The SMILES string of the molecule is CCc1nnc(NS(=O)(=O)c2ccc(C#N)cc2)s1. The second-order valence-electron chi connectivity index (χ2n) is 3.60. The molecule has 1 aromatic carbocycles. The number of nitriles is 1. The molecular formula is C11H10N4O2S2. The Labute approximate surface area is 114 Å². The van der Waals surface area contributed by atoms with E-state index < -0.39 is 10.0 Å². The normalized spacial score (nSPS) is 10.9. The van der Waals surface area contributed by atoms with Gasteiger partial charge in [0.25, 0.3) is 10.0 Å². The van der Waals surface area contributed by atoms with E-state index in [2.05, 4.69) is 14.9 Å². The third-order valence-electron chi connectivity index (χ3n) is 2.28. The van der Waals surface area contributed by atoms with Crippen molar-refractivity contribution in [2.24, 2.45) is 0 Å². The predicted molar refractivity (Wildman–Crippen MR) is 71.3 cm³/mol. The van der Waals surface area contributed by atoms with Crippen molar-refractivity contribution in [3.63, 3.8) is 0 Å². The maximum Gasteiger partial charge on any atom is 0.263 e. The highest BCUT2D eigenvalue weighted by Crippen LogP contribution is 2.20. The summed E-state index contributed by atoms with van der Waals surface area (Å²) < 4.78 is 26.4. The van der Waals surface area contributed by atoms with Crippen LogP contribution in [0.25, 0.3) is 0 Å². The fourth-order valence-electron chi connectivity index (χ4n) is 1.32. The Balaban J connectivity index is 2.24. The van der Waals surface area contributed by atoms with Crippen molar-refractivity contribution in [2.45, 2.75) is 18.2 Å². The second kappa shape index (κ2) is 5.34. The number of aryl methyl sites for hydroxylation is 1. The predicted octanol–water partition coefficient (Wildman–Crippen LogP) is 1.77. The highest BCUT2D eigenvalue weighted by Gasteiger charge is 2.16. The van der Waals surface area contributed by atoms with Crippen molar-refractivity contribution in [1.29, 1.82) is 5.26 Å². The number of aromatic nitrogens is 2. The van der Waals surface area contributed by atoms with Gasteiger partial charge in [0.05, 0.1) is 16.5 Å². The molecule has 0 atom stereocenters. The Morgan fingerprint density at radius 3 is 2.53 bits per heavy atom. The van der Waals surface area contributed by atoms with Crippen LogP contribution in [0.4, 0.5) is 5.13 Å². The van der Waals surface area contributed by atoms with E-state index in [1.54, 1.807) is 0 Å². The minimum absolute atomic E-state index is 0.0831. The summed E-state index contributed by atoms with van der Waals surface area (Å²) >= 11 is 1.20. The van der Waals surface area contributed by atoms with E-state index in [1.807, 2.05) is 13.0 Å². The minimum atomic E-state index is -3.68. The van der Waals surface area contributed by atoms with Crippen molar-refractivity contribution in [3.8, 4) is 6.07 Å². The van der Waals surface area contributed by atoms with Gasteiger partial charge >= 0.3 is 0 Å². The standard InChI is InChI=1S/C11H10N4O2S2/c1-2-10-13-14-11(18-10)15-19(16,17)9-5-3-8(7-12)4-6-9/h3-6H,2H2,1H3,(H,14,15). The molecule has 0 fully saturated rings. The fraction of sp³-hybridized carbons (Fsp3) is 0.182. The summed E-state index contributed by atoms with van der Waals surface area (Å²) in [6, 6.07) is 7.59. The zero-order chi connectivity index (χ0) is 13.9. The molecule has 2 rings (SSSR count). The molecule has 98 valence electrons. The Morgan fingerprint density at radius 2 is 2.00 bits per heavy atom. The molecule has 0 amide bonds. The first-order valence-electron chi connectivity index (χ1n) is 5.40. The molecule has 0 aliphatic heterocycles. The zero-order valence-electron chi connectivity index (χ0n) is 9.99. The van der Waals surface area contributed by atoms with Gasteiger partial charge in [0, 0.05) is 0 Å². The lowest BCUT2D eigenvalue weighted by Gasteiger charge is -2.04. The Kier molecular flexibility index (Phi) is 3.78. The lowest BCUT2D eigenvalue weighted by atomic mass is 10.2. The summed E-state index contributed by atoms with van der Waals surface area (Å²) in [6.07, 6.45) is 0.705. The molecule has 0 aliphatic carbocycles. The fourth-order valence-corrected chi connectivity index (χ4v) is 3.23. The van der Waals surface area contributed by atoms with Crippen LogP contribution in [0.2, 0.25) is 0 Å². The summed E-state index contributed by atoms with van der Waals surface area (Å²) in [5.74, 6) is 0. The van der Waals surface area contributed by atoms with Crippen molar-refractivity contribution >= 4 is 26.5 Å². The van der Waals surface area contributed by atoms with Crippen molar-refractivity contribution in [3.05, 3.63) is 34.8 Å². The van der Waals surface area contributed by atoms with E-state index in [0.29, 0.717) is 12.0 Å². The first kappa shape index (κ1) is 13.5. The van der Waals surface area contributed by atoms with Crippen LogP contribution in [-0.2, 0) is 16.4 Å². The minimum Gasteiger partial charge on any atom is -0.253 e. The number of nitrogens with one attached hydrogen (secondary N) is 1. The molecule has 0 aliphatic rings. The lowest BCUT2D eigenvalue weighted by Crippen LogP contribution is -2.12. The molecule has 1 N–H and O–H groups in total. The van der Waals surface area contributed by atoms with Gasteiger partial charge in [0.2, 0.25) is 5.13 Å². The monoisotopic (exact) mass is 294 g/mol. The Morgan fingerprint density at radius 1 is 1.32 bits per heavy atom. The van der Waals surface area contributed by atoms with E-state index in [9.17, 15) is 8.42 Å². The molecule has 0 radical (unpaired) electrons. The van der Waals surface area contributed by atoms with E-state index in [1.165, 1.54) is 35.6 Å². The van der Waals surface area contributed by atoms with Gasteiger partial charge in [-0.05, 0) is 30.7 Å². The van der Waals surface area contributed by atoms with Crippen LogP contribution in [0.5, 0.6) is 0 Å². The van der Waals surface area contributed by atoms with Gasteiger partial charge in [-0.25, -0.2) is 8.42 Å². The van der Waals surface area contributed by atoms with Crippen molar-refractivity contribution in [2.75, 3.05) is 4.72 Å². The largest absolute Gasteiger partial charge is 0.263 e. The van der Waals surface area contributed by atoms with Crippen LogP contribution in [0.3, 0.4) is 0 Å². The number of benzene rings is 1. The van der Waals surface area contributed by atoms with Gasteiger partial charge in [-0.3, -0.25) is 4.72 Å². The molecule has 8 heteroatoms. The quantitative estimate of drug-likeness (QED) is 0.927. The summed E-state index contributed by atoms with van der Waals surface area (Å²) in [6.45, 7) is 1.92. The molecule has 0 unspecified atom stereocenters. The Hall–Kier alpha value is -1.98. The number of rotatable bonds is 4. The van der Waals surface area contributed by atoms with Gasteiger partial charge in [-0.2, -0.15) is 5.26 Å². The molecule has 2 aromatic rings. The van der Waals surface area contributed by atoms with Crippen LogP contribution >= 0.6 is 11.3 Å². The third kappa shape index (κ3) is 3.07. The number of sulfonamides is 1. The van der Waals surface area contributed by atoms with Crippen LogP contribution < -0.4 is 4.72 Å². The molecular weight excluding hydrogens is 284 g/mol. The van der Waals surface area contributed by atoms with Crippen LogP contribution in [0.15, 0.2) is 29.2 Å². The van der Waals surface area contributed by atoms with Crippen LogP contribution in [0, 0.1) is 11.3 Å². The van der Waals surface area contributed by atoms with E-state index >= 15 is 0 Å². The molecule has 19 heavy (non-hydrogen) atoms. The maximum absolute atomic E-state index is 12.0. The average molecular weight is 294 g/mol. The van der Waals surface area contributed by atoms with Gasteiger partial charge in [0.1, 0.15) is 5.01 Å². The highest BCUT2D eigenvalue weighted by molar-refractivity contribution is 7.93. The molecule has 6 nitrogen and oxygen atoms in total. The first-order valence-corrected chi connectivity index (χ1v) is 7.70. The topological polar surface area (TPSA) is 95.7 Å². The first-order chi connectivity index (χ1) is 9.05. The van der Waals surface area contributed by atoms with Crippen molar-refractivity contribution in [1.82, 2.24) is 10.2 Å². The summed E-state index contributed by atoms with van der Waals surface area (Å²) in [4.78, 5) is 0.0831. The Bertz CT molecular complexity index is 714. The third-order valence-corrected chi connectivity index (χ3v) is 4.75. The molecule has 0 saturated heterocycles. The second-order valence-corrected chi connectivity index (χ2v) is 6.34. The molecule has 1 heterocycles. The number of anilines is 1. The van der Waals surface area contributed by atoms with Gasteiger partial charge in [0.15, 0.2) is 0 Å². The van der Waals surface area contributed by atoms with Gasteiger partial charge in [-0.15, -0.1) is 10.2 Å². The maximum atomic E-state index is 12.0. The summed E-state index contributed by atoms with van der Waals surface area (Å²) in [5.41, 5.74) is 0.406. The van der Waals surface area contributed by atoms with E-state index in [0.717, 1.165) is 5.01 Å². The average Bonchev–Trinajstić information content (AvgIpc) is 2.85. The summed E-state index contributed by atoms with van der Waals surface area (Å²) in [5, 5.41) is 17.3. The summed E-state index contributed by atoms with van der Waals surface area (Å²) in [7, 11) is -3.68. The molecule has 0 bridgehead atoms. The zero-order valence-corrected chi connectivity index (χ0v) is 11.6. The van der Waals surface area contributed by atoms with E-state index in [-0.39, 0.29) is 10.0 Å². The molecule has 0 spiro atoms. The number of hydrogen-bond donors (Lipinski definition) is 1. The molecule has 0 saturated carbocycles. The van der Waals surface area contributed by atoms with Crippen LogP contribution in [-0.4, -0.2) is 18.6 Å². The molecule has 1 aromatic heterocycles. The van der Waals surface area contributed by atoms with Crippen LogP contribution in [0.1, 0.15) is 17.5 Å². The highest BCUT2D eigenvalue weighted by atomic mass is 32.2.